The molecule has 2 amide bonds. The molecule has 0 aromatic rings. The van der Waals surface area contributed by atoms with Gasteiger partial charge in [-0.25, -0.2) is 4.79 Å². The molecule has 5 nitrogen and oxygen atoms in total. The predicted molar refractivity (Wildman–Crippen MR) is 87.7 cm³/mol. The largest absolute Gasteiger partial charge is 0.444 e. The van der Waals surface area contributed by atoms with E-state index in [0.717, 1.165) is 25.7 Å². The molecule has 22 heavy (non-hydrogen) atoms. The molecule has 0 spiro atoms. The van der Waals surface area contributed by atoms with Crippen LogP contribution in [0.25, 0.3) is 0 Å². The number of carbonyl (C=O) groups is 2. The highest BCUT2D eigenvalue weighted by Gasteiger charge is 2.34. The fraction of sp³-hybridized carbons (Fsp3) is 0.882. The van der Waals surface area contributed by atoms with Gasteiger partial charge >= 0.3 is 6.09 Å². The highest BCUT2D eigenvalue weighted by molar-refractivity contribution is 5.78. The molecular weight excluding hydrogens is 280 g/mol. The molecule has 2 N–H and O–H groups in total. The molecule has 1 rings (SSSR count). The van der Waals surface area contributed by atoms with Gasteiger partial charge in [0.05, 0.1) is 5.54 Å². The summed E-state index contributed by atoms with van der Waals surface area (Å²) in [6, 6.07) is 0. The summed E-state index contributed by atoms with van der Waals surface area (Å²) in [4.78, 5) is 24.1. The van der Waals surface area contributed by atoms with Crippen LogP contribution in [-0.2, 0) is 9.53 Å². The number of nitrogens with one attached hydrogen (secondary N) is 2. The summed E-state index contributed by atoms with van der Waals surface area (Å²) < 4.78 is 5.40. The summed E-state index contributed by atoms with van der Waals surface area (Å²) >= 11 is 0. The van der Waals surface area contributed by atoms with Gasteiger partial charge in [0.2, 0.25) is 5.91 Å². The standard InChI is InChI=1S/C17H32N2O3/c1-13(2)14(20)18-12-17(10-8-6-7-9-11-17)19-15(21)22-16(3,4)5/h13H,6-12H2,1-5H3,(H,18,20)(H,19,21). The Hall–Kier alpha value is -1.26. The van der Waals surface area contributed by atoms with Gasteiger partial charge in [-0.2, -0.15) is 0 Å². The van der Waals surface area contributed by atoms with E-state index in [1.165, 1.54) is 12.8 Å². The van der Waals surface area contributed by atoms with Crippen LogP contribution in [0.15, 0.2) is 0 Å². The maximum atomic E-state index is 12.2. The predicted octanol–water partition coefficient (Wildman–Crippen LogP) is 3.38. The Morgan fingerprint density at radius 2 is 1.64 bits per heavy atom. The van der Waals surface area contributed by atoms with Gasteiger partial charge in [-0.15, -0.1) is 0 Å². The number of carbonyl (C=O) groups excluding carboxylic acids is 2. The van der Waals surface area contributed by atoms with Crippen LogP contribution >= 0.6 is 0 Å². The Kier molecular flexibility index (Phi) is 6.69. The first-order valence-electron chi connectivity index (χ1n) is 8.42. The minimum absolute atomic E-state index is 0.0228. The highest BCUT2D eigenvalue weighted by atomic mass is 16.6. The van der Waals surface area contributed by atoms with Crippen molar-refractivity contribution in [1.82, 2.24) is 10.6 Å². The number of rotatable bonds is 4. The van der Waals surface area contributed by atoms with Gasteiger partial charge in [-0.05, 0) is 33.6 Å². The fourth-order valence-electron chi connectivity index (χ4n) is 2.73. The summed E-state index contributed by atoms with van der Waals surface area (Å²) in [5.41, 5.74) is -0.902. The van der Waals surface area contributed by atoms with E-state index in [0.29, 0.717) is 6.54 Å². The molecule has 0 unspecified atom stereocenters. The first-order chi connectivity index (χ1) is 10.1. The summed E-state index contributed by atoms with van der Waals surface area (Å²) in [6.07, 6.45) is 5.84. The van der Waals surface area contributed by atoms with Crippen LogP contribution in [-0.4, -0.2) is 29.7 Å². The number of hydrogen-bond acceptors (Lipinski definition) is 3. The molecule has 1 aliphatic rings. The molecule has 0 aliphatic heterocycles. The van der Waals surface area contributed by atoms with Crippen LogP contribution in [0.4, 0.5) is 4.79 Å². The first-order valence-corrected chi connectivity index (χ1v) is 8.42. The van der Waals surface area contributed by atoms with E-state index in [-0.39, 0.29) is 17.4 Å². The lowest BCUT2D eigenvalue weighted by Crippen LogP contribution is -2.56. The van der Waals surface area contributed by atoms with Crippen molar-refractivity contribution in [1.29, 1.82) is 0 Å². The van der Waals surface area contributed by atoms with E-state index in [1.807, 2.05) is 34.6 Å². The Labute approximate surface area is 134 Å². The van der Waals surface area contributed by atoms with E-state index in [4.69, 9.17) is 4.74 Å². The molecule has 0 saturated heterocycles. The maximum Gasteiger partial charge on any atom is 0.408 e. The van der Waals surface area contributed by atoms with Crippen molar-refractivity contribution in [3.05, 3.63) is 0 Å². The zero-order valence-electron chi connectivity index (χ0n) is 14.8. The third-order valence-corrected chi connectivity index (χ3v) is 3.95. The van der Waals surface area contributed by atoms with Crippen molar-refractivity contribution in [2.24, 2.45) is 5.92 Å². The molecule has 1 aliphatic carbocycles. The minimum atomic E-state index is -0.517. The SMILES string of the molecule is CC(C)C(=O)NCC1(NC(=O)OC(C)(C)C)CCCCCC1. The molecule has 5 heteroatoms. The topological polar surface area (TPSA) is 67.4 Å². The molecule has 1 fully saturated rings. The van der Waals surface area contributed by atoms with Gasteiger partial charge in [0.15, 0.2) is 0 Å². The Balaban J connectivity index is 2.73. The van der Waals surface area contributed by atoms with Crippen molar-refractivity contribution >= 4 is 12.0 Å². The number of amides is 2. The van der Waals surface area contributed by atoms with E-state index >= 15 is 0 Å². The molecule has 0 bridgehead atoms. The Bertz CT molecular complexity index is 378. The zero-order valence-corrected chi connectivity index (χ0v) is 14.8. The number of ether oxygens (including phenoxy) is 1. The van der Waals surface area contributed by atoms with Crippen molar-refractivity contribution in [2.75, 3.05) is 6.54 Å². The molecule has 0 atom stereocenters. The van der Waals surface area contributed by atoms with Crippen molar-refractivity contribution < 1.29 is 14.3 Å². The van der Waals surface area contributed by atoms with Crippen LogP contribution in [0.3, 0.4) is 0 Å². The Morgan fingerprint density at radius 3 is 2.09 bits per heavy atom. The van der Waals surface area contributed by atoms with Gasteiger partial charge in [0, 0.05) is 12.5 Å². The average Bonchev–Trinajstić information content (AvgIpc) is 2.59. The second-order valence-electron chi connectivity index (χ2n) is 7.69. The maximum absolute atomic E-state index is 12.2. The van der Waals surface area contributed by atoms with E-state index in [2.05, 4.69) is 10.6 Å². The van der Waals surface area contributed by atoms with Gasteiger partial charge < -0.3 is 15.4 Å². The van der Waals surface area contributed by atoms with Crippen LogP contribution in [0, 0.1) is 5.92 Å². The molecule has 128 valence electrons. The summed E-state index contributed by atoms with van der Waals surface area (Å²) in [5, 5.41) is 6.03. The zero-order chi connectivity index (χ0) is 16.8. The molecule has 1 saturated carbocycles. The van der Waals surface area contributed by atoms with E-state index < -0.39 is 11.7 Å². The van der Waals surface area contributed by atoms with E-state index in [1.54, 1.807) is 0 Å². The van der Waals surface area contributed by atoms with Crippen molar-refractivity contribution in [2.45, 2.75) is 84.3 Å². The van der Waals surface area contributed by atoms with Gasteiger partial charge in [0.25, 0.3) is 0 Å². The number of alkyl carbamates (subject to hydrolysis) is 1. The fourth-order valence-corrected chi connectivity index (χ4v) is 2.73. The lowest BCUT2D eigenvalue weighted by Gasteiger charge is -2.35. The van der Waals surface area contributed by atoms with Crippen LogP contribution in [0.1, 0.15) is 73.1 Å². The smallest absolute Gasteiger partial charge is 0.408 e. The summed E-state index contributed by atoms with van der Waals surface area (Å²) in [7, 11) is 0. The van der Waals surface area contributed by atoms with Crippen LogP contribution in [0.5, 0.6) is 0 Å². The van der Waals surface area contributed by atoms with Gasteiger partial charge in [0.1, 0.15) is 5.60 Å². The molecule has 0 radical (unpaired) electrons. The number of hydrogen-bond donors (Lipinski definition) is 2. The highest BCUT2D eigenvalue weighted by Crippen LogP contribution is 2.27. The van der Waals surface area contributed by atoms with Crippen LogP contribution < -0.4 is 10.6 Å². The molecule has 0 aromatic heterocycles. The van der Waals surface area contributed by atoms with Crippen molar-refractivity contribution in [3.8, 4) is 0 Å². The molecular formula is C17H32N2O3. The van der Waals surface area contributed by atoms with E-state index in [9.17, 15) is 9.59 Å². The lowest BCUT2D eigenvalue weighted by molar-refractivity contribution is -0.124. The van der Waals surface area contributed by atoms with Gasteiger partial charge in [-0.1, -0.05) is 39.5 Å². The van der Waals surface area contributed by atoms with Crippen LogP contribution in [0.2, 0.25) is 0 Å². The lowest BCUT2D eigenvalue weighted by atomic mass is 9.90. The monoisotopic (exact) mass is 312 g/mol. The molecule has 0 aromatic carbocycles. The second-order valence-corrected chi connectivity index (χ2v) is 7.69. The average molecular weight is 312 g/mol. The first kappa shape index (κ1) is 18.8. The summed E-state index contributed by atoms with van der Waals surface area (Å²) in [5.74, 6) is -0.0287. The summed E-state index contributed by atoms with van der Waals surface area (Å²) in [6.45, 7) is 9.78. The van der Waals surface area contributed by atoms with Gasteiger partial charge in [-0.3, -0.25) is 4.79 Å². The third-order valence-electron chi connectivity index (χ3n) is 3.95. The minimum Gasteiger partial charge on any atom is -0.444 e. The molecule has 0 heterocycles. The Morgan fingerprint density at radius 1 is 1.09 bits per heavy atom. The van der Waals surface area contributed by atoms with Crippen molar-refractivity contribution in [3.63, 3.8) is 0 Å². The third kappa shape index (κ3) is 6.67. The quantitative estimate of drug-likeness (QED) is 0.782. The normalized spacial score (nSPS) is 18.5. The second kappa shape index (κ2) is 7.84.